The number of hydrogen-bond acceptors (Lipinski definition) is 1. The summed E-state index contributed by atoms with van der Waals surface area (Å²) in [6.07, 6.45) is -2.62. The van der Waals surface area contributed by atoms with Gasteiger partial charge < -0.3 is 4.98 Å². The van der Waals surface area contributed by atoms with Gasteiger partial charge in [-0.2, -0.15) is 13.2 Å². The molecule has 6 heteroatoms. The lowest BCUT2D eigenvalue weighted by Crippen LogP contribution is -2.06. The van der Waals surface area contributed by atoms with Crippen LogP contribution in [0.3, 0.4) is 0 Å². The SMILES string of the molecule is FC(F)(F)c1ccccc1Sc1c[nH]c2ccc(Br)cc12. The van der Waals surface area contributed by atoms with Gasteiger partial charge in [0.05, 0.1) is 5.56 Å². The normalized spacial score (nSPS) is 12.0. The van der Waals surface area contributed by atoms with Crippen molar-refractivity contribution in [3.05, 3.63) is 58.7 Å². The third kappa shape index (κ3) is 2.96. The van der Waals surface area contributed by atoms with Crippen LogP contribution in [0.15, 0.2) is 62.9 Å². The minimum absolute atomic E-state index is 0.200. The van der Waals surface area contributed by atoms with E-state index >= 15 is 0 Å². The van der Waals surface area contributed by atoms with Gasteiger partial charge in [-0.15, -0.1) is 0 Å². The van der Waals surface area contributed by atoms with E-state index in [0.29, 0.717) is 0 Å². The van der Waals surface area contributed by atoms with Crippen LogP contribution in [0.1, 0.15) is 5.56 Å². The second kappa shape index (κ2) is 5.42. The van der Waals surface area contributed by atoms with E-state index in [1.54, 1.807) is 12.3 Å². The number of alkyl halides is 3. The lowest BCUT2D eigenvalue weighted by Gasteiger charge is -2.11. The molecule has 1 nitrogen and oxygen atoms in total. The van der Waals surface area contributed by atoms with Gasteiger partial charge in [0, 0.05) is 31.4 Å². The van der Waals surface area contributed by atoms with E-state index in [2.05, 4.69) is 20.9 Å². The van der Waals surface area contributed by atoms with Crippen molar-refractivity contribution >= 4 is 38.6 Å². The van der Waals surface area contributed by atoms with Gasteiger partial charge in [0.25, 0.3) is 0 Å². The molecule has 0 saturated heterocycles. The van der Waals surface area contributed by atoms with E-state index in [1.165, 1.54) is 12.1 Å². The molecular formula is C15H9BrF3NS. The molecule has 1 aromatic heterocycles. The summed E-state index contributed by atoms with van der Waals surface area (Å²) < 4.78 is 40.0. The van der Waals surface area contributed by atoms with Gasteiger partial charge in [0.1, 0.15) is 0 Å². The molecule has 0 saturated carbocycles. The van der Waals surface area contributed by atoms with Crippen LogP contribution in [0.4, 0.5) is 13.2 Å². The number of H-pyrrole nitrogens is 1. The number of benzene rings is 2. The Labute approximate surface area is 131 Å². The maximum Gasteiger partial charge on any atom is 0.417 e. The quantitative estimate of drug-likeness (QED) is 0.575. The van der Waals surface area contributed by atoms with Crippen LogP contribution in [0, 0.1) is 0 Å². The van der Waals surface area contributed by atoms with Crippen LogP contribution in [0.25, 0.3) is 10.9 Å². The molecule has 3 rings (SSSR count). The van der Waals surface area contributed by atoms with E-state index in [0.717, 1.165) is 38.1 Å². The molecule has 3 aromatic rings. The molecule has 0 radical (unpaired) electrons. The molecule has 0 aliphatic rings. The molecular weight excluding hydrogens is 363 g/mol. The number of rotatable bonds is 2. The van der Waals surface area contributed by atoms with E-state index < -0.39 is 11.7 Å². The Balaban J connectivity index is 2.05. The standard InChI is InChI=1S/C15H9BrF3NS/c16-9-5-6-12-10(7-9)14(8-20-12)21-13-4-2-1-3-11(13)15(17,18)19/h1-8,20H. The van der Waals surface area contributed by atoms with Crippen molar-refractivity contribution in [2.45, 2.75) is 16.0 Å². The van der Waals surface area contributed by atoms with Crippen molar-refractivity contribution in [1.29, 1.82) is 0 Å². The van der Waals surface area contributed by atoms with Gasteiger partial charge in [0.15, 0.2) is 0 Å². The first kappa shape index (κ1) is 14.5. The number of aromatic amines is 1. The topological polar surface area (TPSA) is 15.8 Å². The van der Waals surface area contributed by atoms with Crippen molar-refractivity contribution in [1.82, 2.24) is 4.98 Å². The maximum atomic E-state index is 13.0. The smallest absolute Gasteiger partial charge is 0.360 e. The molecule has 2 aromatic carbocycles. The summed E-state index contributed by atoms with van der Waals surface area (Å²) in [7, 11) is 0. The summed E-state index contributed by atoms with van der Waals surface area (Å²) in [5.41, 5.74) is 0.282. The summed E-state index contributed by atoms with van der Waals surface area (Å²) in [4.78, 5) is 4.04. The van der Waals surface area contributed by atoms with Gasteiger partial charge in [0.2, 0.25) is 0 Å². The fourth-order valence-electron chi connectivity index (χ4n) is 2.06. The number of halogens is 4. The molecule has 0 fully saturated rings. The number of hydrogen-bond donors (Lipinski definition) is 1. The van der Waals surface area contributed by atoms with Crippen molar-refractivity contribution in [3.8, 4) is 0 Å². The molecule has 21 heavy (non-hydrogen) atoms. The van der Waals surface area contributed by atoms with Crippen LogP contribution < -0.4 is 0 Å². The Hall–Kier alpha value is -1.40. The third-order valence-electron chi connectivity index (χ3n) is 3.02. The molecule has 108 valence electrons. The zero-order chi connectivity index (χ0) is 15.0. The average Bonchev–Trinajstić information content (AvgIpc) is 2.81. The minimum Gasteiger partial charge on any atom is -0.360 e. The Morgan fingerprint density at radius 3 is 2.52 bits per heavy atom. The monoisotopic (exact) mass is 371 g/mol. The molecule has 0 aliphatic heterocycles. The Morgan fingerprint density at radius 2 is 1.76 bits per heavy atom. The summed E-state index contributed by atoms with van der Waals surface area (Å²) in [6.45, 7) is 0. The zero-order valence-corrected chi connectivity index (χ0v) is 12.9. The second-order valence-electron chi connectivity index (χ2n) is 4.44. The highest BCUT2D eigenvalue weighted by atomic mass is 79.9. The highest BCUT2D eigenvalue weighted by molar-refractivity contribution is 9.10. The predicted molar refractivity (Wildman–Crippen MR) is 81.6 cm³/mol. The van der Waals surface area contributed by atoms with Crippen molar-refractivity contribution in [2.24, 2.45) is 0 Å². The summed E-state index contributed by atoms with van der Waals surface area (Å²) in [5, 5.41) is 0.895. The summed E-state index contributed by atoms with van der Waals surface area (Å²) in [5.74, 6) is 0. The van der Waals surface area contributed by atoms with Crippen LogP contribution in [-0.2, 0) is 6.18 Å². The first-order valence-corrected chi connectivity index (χ1v) is 7.67. The summed E-state index contributed by atoms with van der Waals surface area (Å²) in [6, 6.07) is 11.3. The lowest BCUT2D eigenvalue weighted by molar-refractivity contribution is -0.139. The minimum atomic E-state index is -4.35. The second-order valence-corrected chi connectivity index (χ2v) is 6.44. The Bertz CT molecular complexity index is 795. The molecule has 0 spiro atoms. The van der Waals surface area contributed by atoms with E-state index in [4.69, 9.17) is 0 Å². The number of fused-ring (bicyclic) bond motifs is 1. The van der Waals surface area contributed by atoms with Crippen LogP contribution in [0.5, 0.6) is 0 Å². The molecule has 0 aliphatic carbocycles. The fraction of sp³-hybridized carbons (Fsp3) is 0.0667. The van der Waals surface area contributed by atoms with Crippen LogP contribution >= 0.6 is 27.7 Å². The largest absolute Gasteiger partial charge is 0.417 e. The van der Waals surface area contributed by atoms with Gasteiger partial charge in [-0.25, -0.2) is 0 Å². The third-order valence-corrected chi connectivity index (χ3v) is 4.65. The maximum absolute atomic E-state index is 13.0. The van der Waals surface area contributed by atoms with Crippen molar-refractivity contribution < 1.29 is 13.2 Å². The van der Waals surface area contributed by atoms with E-state index in [9.17, 15) is 13.2 Å². The lowest BCUT2D eigenvalue weighted by atomic mass is 10.2. The number of nitrogens with one attached hydrogen (secondary N) is 1. The van der Waals surface area contributed by atoms with E-state index in [1.807, 2.05) is 18.2 Å². The molecule has 1 heterocycles. The Morgan fingerprint density at radius 1 is 1.00 bits per heavy atom. The van der Waals surface area contributed by atoms with Gasteiger partial charge in [-0.1, -0.05) is 39.8 Å². The summed E-state index contributed by atoms with van der Waals surface area (Å²) >= 11 is 4.49. The molecule has 0 bridgehead atoms. The van der Waals surface area contributed by atoms with Gasteiger partial charge in [-0.05, 0) is 30.3 Å². The fourth-order valence-corrected chi connectivity index (χ4v) is 3.50. The van der Waals surface area contributed by atoms with Gasteiger partial charge >= 0.3 is 6.18 Å². The van der Waals surface area contributed by atoms with Crippen molar-refractivity contribution in [2.75, 3.05) is 0 Å². The molecule has 1 N–H and O–H groups in total. The highest BCUT2D eigenvalue weighted by Gasteiger charge is 2.33. The zero-order valence-electron chi connectivity index (χ0n) is 10.5. The Kier molecular flexibility index (Phi) is 3.75. The van der Waals surface area contributed by atoms with Crippen LogP contribution in [0.2, 0.25) is 0 Å². The van der Waals surface area contributed by atoms with E-state index in [-0.39, 0.29) is 4.90 Å². The first-order valence-electron chi connectivity index (χ1n) is 6.06. The van der Waals surface area contributed by atoms with Crippen molar-refractivity contribution in [3.63, 3.8) is 0 Å². The van der Waals surface area contributed by atoms with Crippen LogP contribution in [-0.4, -0.2) is 4.98 Å². The highest BCUT2D eigenvalue weighted by Crippen LogP contribution is 2.41. The molecule has 0 unspecified atom stereocenters. The average molecular weight is 372 g/mol. The first-order chi connectivity index (χ1) is 9.95. The predicted octanol–water partition coefficient (Wildman–Crippen LogP) is 6.10. The molecule has 0 amide bonds. The van der Waals surface area contributed by atoms with Gasteiger partial charge in [-0.3, -0.25) is 0 Å². The molecule has 0 atom stereocenters. The number of aromatic nitrogens is 1.